The number of anilines is 1. The molecule has 0 radical (unpaired) electrons. The van der Waals surface area contributed by atoms with E-state index in [2.05, 4.69) is 26.2 Å². The molecule has 0 atom stereocenters. The number of hydrogen-bond acceptors (Lipinski definition) is 2. The first-order chi connectivity index (χ1) is 10.1. The van der Waals surface area contributed by atoms with E-state index in [-0.39, 0.29) is 9.99 Å². The van der Waals surface area contributed by atoms with Crippen molar-refractivity contribution in [3.63, 3.8) is 0 Å². The Kier molecular flexibility index (Phi) is 4.11. The van der Waals surface area contributed by atoms with Crippen LogP contribution in [-0.2, 0) is 12.8 Å². The molecular formula is C16H17BrF2N2. The summed E-state index contributed by atoms with van der Waals surface area (Å²) in [7, 11) is 0. The van der Waals surface area contributed by atoms with Crippen LogP contribution in [0.3, 0.4) is 0 Å². The molecule has 0 unspecified atom stereocenters. The summed E-state index contributed by atoms with van der Waals surface area (Å²) in [5, 5.41) is 3.82. The van der Waals surface area contributed by atoms with Crippen molar-refractivity contribution in [1.82, 2.24) is 4.98 Å². The Morgan fingerprint density at radius 3 is 2.71 bits per heavy atom. The van der Waals surface area contributed by atoms with Gasteiger partial charge in [0.25, 0.3) is 0 Å². The molecule has 5 heteroatoms. The van der Waals surface area contributed by atoms with Crippen LogP contribution in [0.15, 0.2) is 10.5 Å². The van der Waals surface area contributed by atoms with Crippen LogP contribution in [0.4, 0.5) is 14.5 Å². The summed E-state index contributed by atoms with van der Waals surface area (Å²) in [6, 6.07) is 0.901. The summed E-state index contributed by atoms with van der Waals surface area (Å²) >= 11 is 3.26. The fourth-order valence-electron chi connectivity index (χ4n) is 3.04. The molecule has 0 saturated carbocycles. The Hall–Kier alpha value is -1.23. The van der Waals surface area contributed by atoms with Crippen LogP contribution in [0, 0.1) is 11.6 Å². The van der Waals surface area contributed by atoms with Gasteiger partial charge in [0.1, 0.15) is 11.3 Å². The molecule has 0 bridgehead atoms. The van der Waals surface area contributed by atoms with Crippen LogP contribution in [-0.4, -0.2) is 11.5 Å². The van der Waals surface area contributed by atoms with E-state index in [1.807, 2.05) is 6.92 Å². The molecule has 2 nitrogen and oxygen atoms in total. The fraction of sp³-hybridized carbons (Fsp3) is 0.438. The van der Waals surface area contributed by atoms with E-state index in [0.29, 0.717) is 11.9 Å². The van der Waals surface area contributed by atoms with Crippen molar-refractivity contribution in [2.24, 2.45) is 0 Å². The molecular weight excluding hydrogens is 338 g/mol. The van der Waals surface area contributed by atoms with Crippen molar-refractivity contribution in [3.8, 4) is 0 Å². The summed E-state index contributed by atoms with van der Waals surface area (Å²) in [4.78, 5) is 4.51. The number of rotatable bonds is 2. The van der Waals surface area contributed by atoms with Crippen molar-refractivity contribution in [1.29, 1.82) is 0 Å². The molecule has 21 heavy (non-hydrogen) atoms. The highest BCUT2D eigenvalue weighted by Gasteiger charge is 2.22. The van der Waals surface area contributed by atoms with Crippen molar-refractivity contribution in [2.45, 2.75) is 39.0 Å². The lowest BCUT2D eigenvalue weighted by atomic mass is 10.0. The largest absolute Gasteiger partial charge is 0.384 e. The minimum atomic E-state index is -0.600. The number of aryl methyl sites for hydroxylation is 1. The van der Waals surface area contributed by atoms with E-state index < -0.39 is 11.6 Å². The topological polar surface area (TPSA) is 24.9 Å². The van der Waals surface area contributed by atoms with E-state index >= 15 is 0 Å². The maximum Gasteiger partial charge on any atom is 0.152 e. The summed E-state index contributed by atoms with van der Waals surface area (Å²) in [5.74, 6) is -1.19. The molecule has 112 valence electrons. The Balaban J connectivity index is 2.40. The molecule has 0 fully saturated rings. The number of fused-ring (bicyclic) bond motifs is 2. The lowest BCUT2D eigenvalue weighted by Gasteiger charge is -2.18. The molecule has 0 saturated heterocycles. The lowest BCUT2D eigenvalue weighted by Crippen LogP contribution is -2.08. The predicted molar refractivity (Wildman–Crippen MR) is 84.8 cm³/mol. The Morgan fingerprint density at radius 1 is 1.19 bits per heavy atom. The van der Waals surface area contributed by atoms with E-state index in [0.717, 1.165) is 55.1 Å². The van der Waals surface area contributed by atoms with Crippen LogP contribution in [0.1, 0.15) is 37.4 Å². The standard InChI is InChI=1S/C16H17BrF2N2/c1-2-20-15-9-6-4-3-5-7-12(9)21-16-11(19)8-10(18)14(17)13(15)16/h8H,2-7H2,1H3,(H,20,21). The molecule has 1 aliphatic rings. The fourth-order valence-corrected chi connectivity index (χ4v) is 3.54. The lowest BCUT2D eigenvalue weighted by molar-refractivity contribution is 0.586. The first-order valence-electron chi connectivity index (χ1n) is 7.36. The highest BCUT2D eigenvalue weighted by atomic mass is 79.9. The van der Waals surface area contributed by atoms with Crippen LogP contribution in [0.2, 0.25) is 0 Å². The average molecular weight is 355 g/mol. The number of halogens is 3. The van der Waals surface area contributed by atoms with E-state index in [9.17, 15) is 8.78 Å². The molecule has 2 aromatic rings. The second-order valence-corrected chi connectivity index (χ2v) is 6.17. The highest BCUT2D eigenvalue weighted by molar-refractivity contribution is 9.10. The molecule has 1 heterocycles. The van der Waals surface area contributed by atoms with Gasteiger partial charge in [-0.15, -0.1) is 0 Å². The van der Waals surface area contributed by atoms with Crippen LogP contribution in [0.5, 0.6) is 0 Å². The SMILES string of the molecule is CCNc1c2c(nc3c(F)cc(F)c(Br)c13)CCCCC2. The zero-order chi connectivity index (χ0) is 15.0. The average Bonchev–Trinajstić information content (AvgIpc) is 2.70. The molecule has 0 aliphatic heterocycles. The van der Waals surface area contributed by atoms with Gasteiger partial charge in [-0.1, -0.05) is 6.42 Å². The molecule has 1 aromatic heterocycles. The minimum absolute atomic E-state index is 0.250. The minimum Gasteiger partial charge on any atom is -0.384 e. The van der Waals surface area contributed by atoms with Gasteiger partial charge in [0.2, 0.25) is 0 Å². The van der Waals surface area contributed by atoms with Crippen molar-refractivity contribution >= 4 is 32.5 Å². The number of nitrogens with zero attached hydrogens (tertiary/aromatic N) is 1. The van der Waals surface area contributed by atoms with Gasteiger partial charge in [-0.25, -0.2) is 13.8 Å². The van der Waals surface area contributed by atoms with E-state index in [1.165, 1.54) is 0 Å². The maximum atomic E-state index is 14.2. The third-order valence-corrected chi connectivity index (χ3v) is 4.76. The summed E-state index contributed by atoms with van der Waals surface area (Å²) in [6.07, 6.45) is 5.08. The van der Waals surface area contributed by atoms with Crippen LogP contribution < -0.4 is 5.32 Å². The number of aromatic nitrogens is 1. The summed E-state index contributed by atoms with van der Waals surface area (Å²) in [5.41, 5.74) is 3.16. The van der Waals surface area contributed by atoms with Gasteiger partial charge in [-0.2, -0.15) is 0 Å². The number of nitrogens with one attached hydrogen (secondary N) is 1. The molecule has 0 amide bonds. The Labute approximate surface area is 131 Å². The number of hydrogen-bond donors (Lipinski definition) is 1. The third-order valence-electron chi connectivity index (χ3n) is 3.99. The van der Waals surface area contributed by atoms with Gasteiger partial charge in [0.05, 0.1) is 4.47 Å². The molecule has 1 N–H and O–H groups in total. The number of benzene rings is 1. The second-order valence-electron chi connectivity index (χ2n) is 5.38. The monoisotopic (exact) mass is 354 g/mol. The summed E-state index contributed by atoms with van der Waals surface area (Å²) in [6.45, 7) is 2.69. The van der Waals surface area contributed by atoms with Crippen molar-refractivity contribution in [3.05, 3.63) is 33.4 Å². The quantitative estimate of drug-likeness (QED) is 0.607. The van der Waals surface area contributed by atoms with E-state index in [4.69, 9.17) is 0 Å². The Morgan fingerprint density at radius 2 is 1.95 bits per heavy atom. The van der Waals surface area contributed by atoms with Crippen molar-refractivity contribution < 1.29 is 8.78 Å². The van der Waals surface area contributed by atoms with Crippen LogP contribution >= 0.6 is 15.9 Å². The Bertz CT molecular complexity index is 701. The smallest absolute Gasteiger partial charge is 0.152 e. The molecule has 1 aromatic carbocycles. The first kappa shape index (κ1) is 14.7. The predicted octanol–water partition coefficient (Wildman–Crippen LogP) is 4.98. The van der Waals surface area contributed by atoms with Gasteiger partial charge in [0.15, 0.2) is 5.82 Å². The van der Waals surface area contributed by atoms with Gasteiger partial charge in [-0.05, 0) is 54.1 Å². The van der Waals surface area contributed by atoms with Gasteiger partial charge >= 0.3 is 0 Å². The normalized spacial score (nSPS) is 14.9. The van der Waals surface area contributed by atoms with Crippen molar-refractivity contribution in [2.75, 3.05) is 11.9 Å². The zero-order valence-electron chi connectivity index (χ0n) is 11.9. The van der Waals surface area contributed by atoms with Gasteiger partial charge in [0, 0.05) is 29.4 Å². The highest BCUT2D eigenvalue weighted by Crippen LogP contribution is 2.38. The van der Waals surface area contributed by atoms with Gasteiger partial charge in [-0.3, -0.25) is 0 Å². The molecule has 0 spiro atoms. The summed E-state index contributed by atoms with van der Waals surface area (Å²) < 4.78 is 28.4. The molecule has 3 rings (SSSR count). The van der Waals surface area contributed by atoms with E-state index in [1.54, 1.807) is 0 Å². The maximum absolute atomic E-state index is 14.2. The second kappa shape index (κ2) is 5.87. The first-order valence-corrected chi connectivity index (χ1v) is 8.15. The zero-order valence-corrected chi connectivity index (χ0v) is 13.5. The van der Waals surface area contributed by atoms with Crippen LogP contribution in [0.25, 0.3) is 10.9 Å². The van der Waals surface area contributed by atoms with Gasteiger partial charge < -0.3 is 5.32 Å². The molecule has 1 aliphatic carbocycles. The number of pyridine rings is 1. The third kappa shape index (κ3) is 2.52.